The third-order valence-electron chi connectivity index (χ3n) is 3.82. The van der Waals surface area contributed by atoms with Crippen LogP contribution in [0.3, 0.4) is 0 Å². The van der Waals surface area contributed by atoms with Crippen LogP contribution in [0, 0.1) is 0 Å². The van der Waals surface area contributed by atoms with Gasteiger partial charge in [0.05, 0.1) is 5.56 Å². The van der Waals surface area contributed by atoms with Gasteiger partial charge in [0.15, 0.2) is 0 Å². The average molecular weight is 333 g/mol. The number of ether oxygens (including phenoxy) is 1. The van der Waals surface area contributed by atoms with E-state index in [0.717, 1.165) is 34.7 Å². The Labute approximate surface area is 139 Å². The Hall–Kier alpha value is -2.43. The molecule has 24 heavy (non-hydrogen) atoms. The normalized spacial score (nSPS) is 15.5. The van der Waals surface area contributed by atoms with E-state index in [1.165, 1.54) is 12.1 Å². The number of nitrogens with one attached hydrogen (secondary N) is 1. The molecule has 1 N–H and O–H groups in total. The third kappa shape index (κ3) is 3.72. The van der Waals surface area contributed by atoms with Gasteiger partial charge in [-0.2, -0.15) is 13.2 Å². The maximum absolute atomic E-state index is 12.6. The molecule has 2 aromatic rings. The van der Waals surface area contributed by atoms with Gasteiger partial charge in [0, 0.05) is 17.8 Å². The molecule has 0 spiro atoms. The minimum Gasteiger partial charge on any atom is -0.483 e. The highest BCUT2D eigenvalue weighted by Gasteiger charge is 2.29. The smallest absolute Gasteiger partial charge is 0.416 e. The van der Waals surface area contributed by atoms with Gasteiger partial charge in [-0.15, -0.1) is 0 Å². The fourth-order valence-corrected chi connectivity index (χ4v) is 2.51. The molecule has 3 rings (SSSR count). The molecule has 0 radical (unpaired) electrons. The highest BCUT2D eigenvalue weighted by molar-refractivity contribution is 5.66. The summed E-state index contributed by atoms with van der Waals surface area (Å²) in [7, 11) is 0. The number of alkyl halides is 3. The predicted molar refractivity (Wildman–Crippen MR) is 89.0 cm³/mol. The number of halogens is 3. The van der Waals surface area contributed by atoms with E-state index in [-0.39, 0.29) is 5.60 Å². The van der Waals surface area contributed by atoms with Gasteiger partial charge in [0.2, 0.25) is 0 Å². The first-order valence-electron chi connectivity index (χ1n) is 7.65. The van der Waals surface area contributed by atoms with E-state index < -0.39 is 11.7 Å². The molecule has 1 heterocycles. The highest BCUT2D eigenvalue weighted by Crippen LogP contribution is 2.33. The van der Waals surface area contributed by atoms with Gasteiger partial charge >= 0.3 is 6.18 Å². The Morgan fingerprint density at radius 2 is 1.75 bits per heavy atom. The molecule has 0 saturated carbocycles. The second kappa shape index (κ2) is 5.89. The van der Waals surface area contributed by atoms with Crippen molar-refractivity contribution in [1.29, 1.82) is 0 Å². The molecular formula is C19H18F3NO. The second-order valence-corrected chi connectivity index (χ2v) is 6.34. The lowest BCUT2D eigenvalue weighted by Crippen LogP contribution is -2.27. The molecule has 2 nitrogen and oxygen atoms in total. The fourth-order valence-electron chi connectivity index (χ4n) is 2.51. The first-order valence-corrected chi connectivity index (χ1v) is 7.65. The number of anilines is 1. The quantitative estimate of drug-likeness (QED) is 0.800. The van der Waals surface area contributed by atoms with Crippen LogP contribution in [0.15, 0.2) is 48.5 Å². The standard InChI is InChI=1S/C19H18F3NO/c1-18(2)10-9-14-11-16(7-8-17(14)24-18)23-12-13-3-5-15(6-4-13)19(20,21)22/h3-11,23H,12H2,1-2H3. The molecule has 0 bridgehead atoms. The molecule has 1 aliphatic heterocycles. The van der Waals surface area contributed by atoms with Crippen molar-refractivity contribution in [3.8, 4) is 5.75 Å². The van der Waals surface area contributed by atoms with E-state index in [1.807, 2.05) is 44.2 Å². The SMILES string of the molecule is CC1(C)C=Cc2cc(NCc3ccc(C(F)(F)F)cc3)ccc2O1. The molecule has 5 heteroatoms. The van der Waals surface area contributed by atoms with E-state index >= 15 is 0 Å². The Morgan fingerprint density at radius 1 is 1.04 bits per heavy atom. The van der Waals surface area contributed by atoms with Gasteiger partial charge in [-0.05, 0) is 55.8 Å². The molecule has 0 aliphatic carbocycles. The molecule has 0 atom stereocenters. The minimum atomic E-state index is -4.30. The van der Waals surface area contributed by atoms with Crippen molar-refractivity contribution in [1.82, 2.24) is 0 Å². The topological polar surface area (TPSA) is 21.3 Å². The summed E-state index contributed by atoms with van der Waals surface area (Å²) in [5, 5.41) is 3.22. The minimum absolute atomic E-state index is 0.317. The maximum Gasteiger partial charge on any atom is 0.416 e. The summed E-state index contributed by atoms with van der Waals surface area (Å²) in [5.74, 6) is 0.822. The van der Waals surface area contributed by atoms with Crippen LogP contribution in [0.4, 0.5) is 18.9 Å². The van der Waals surface area contributed by atoms with Crippen LogP contribution in [-0.2, 0) is 12.7 Å². The van der Waals surface area contributed by atoms with Gasteiger partial charge in [-0.3, -0.25) is 0 Å². The monoisotopic (exact) mass is 333 g/mol. The van der Waals surface area contributed by atoms with Crippen LogP contribution < -0.4 is 10.1 Å². The molecule has 126 valence electrons. The van der Waals surface area contributed by atoms with Crippen LogP contribution in [0.25, 0.3) is 6.08 Å². The second-order valence-electron chi connectivity index (χ2n) is 6.34. The zero-order valence-corrected chi connectivity index (χ0v) is 13.4. The van der Waals surface area contributed by atoms with Gasteiger partial charge < -0.3 is 10.1 Å². The summed E-state index contributed by atoms with van der Waals surface area (Å²) in [6.45, 7) is 4.43. The fraction of sp³-hybridized carbons (Fsp3) is 0.263. The zero-order chi connectivity index (χ0) is 17.4. The van der Waals surface area contributed by atoms with Crippen LogP contribution >= 0.6 is 0 Å². The third-order valence-corrected chi connectivity index (χ3v) is 3.82. The molecule has 0 unspecified atom stereocenters. The van der Waals surface area contributed by atoms with E-state index in [0.29, 0.717) is 6.54 Å². The number of hydrogen-bond donors (Lipinski definition) is 1. The van der Waals surface area contributed by atoms with Crippen molar-refractivity contribution in [3.05, 3.63) is 65.2 Å². The van der Waals surface area contributed by atoms with Crippen molar-refractivity contribution >= 4 is 11.8 Å². The number of hydrogen-bond acceptors (Lipinski definition) is 2. The van der Waals surface area contributed by atoms with Crippen LogP contribution in [-0.4, -0.2) is 5.60 Å². The lowest BCUT2D eigenvalue weighted by atomic mass is 10.0. The lowest BCUT2D eigenvalue weighted by molar-refractivity contribution is -0.137. The van der Waals surface area contributed by atoms with Crippen LogP contribution in [0.5, 0.6) is 5.75 Å². The Bertz CT molecular complexity index is 761. The summed E-state index contributed by atoms with van der Waals surface area (Å²) < 4.78 is 43.5. The lowest BCUT2D eigenvalue weighted by Gasteiger charge is -2.28. The van der Waals surface area contributed by atoms with Gasteiger partial charge in [0.1, 0.15) is 11.4 Å². The van der Waals surface area contributed by atoms with Gasteiger partial charge in [0.25, 0.3) is 0 Å². The molecule has 0 saturated heterocycles. The number of benzene rings is 2. The van der Waals surface area contributed by atoms with E-state index in [4.69, 9.17) is 4.74 Å². The summed E-state index contributed by atoms with van der Waals surface area (Å²) in [5.41, 5.74) is 1.70. The van der Waals surface area contributed by atoms with Crippen molar-refractivity contribution in [2.24, 2.45) is 0 Å². The molecule has 2 aromatic carbocycles. The van der Waals surface area contributed by atoms with E-state index in [9.17, 15) is 13.2 Å². The predicted octanol–water partition coefficient (Wildman–Crippen LogP) is 5.50. The maximum atomic E-state index is 12.6. The molecular weight excluding hydrogens is 315 g/mol. The summed E-state index contributed by atoms with van der Waals surface area (Å²) in [6.07, 6.45) is -0.290. The van der Waals surface area contributed by atoms with E-state index in [1.54, 1.807) is 0 Å². The Kier molecular flexibility index (Phi) is 4.03. The number of fused-ring (bicyclic) bond motifs is 1. The summed E-state index contributed by atoms with van der Waals surface area (Å²) in [4.78, 5) is 0. The Morgan fingerprint density at radius 3 is 2.42 bits per heavy atom. The first-order chi connectivity index (χ1) is 11.2. The van der Waals surface area contributed by atoms with Crippen molar-refractivity contribution < 1.29 is 17.9 Å². The number of rotatable bonds is 3. The van der Waals surface area contributed by atoms with E-state index in [2.05, 4.69) is 5.32 Å². The van der Waals surface area contributed by atoms with Gasteiger partial charge in [-0.1, -0.05) is 18.2 Å². The first kappa shape index (κ1) is 16.4. The average Bonchev–Trinajstić information content (AvgIpc) is 2.52. The molecule has 0 aromatic heterocycles. The van der Waals surface area contributed by atoms with Crippen LogP contribution in [0.2, 0.25) is 0 Å². The summed E-state index contributed by atoms with van der Waals surface area (Å²) in [6, 6.07) is 10.9. The van der Waals surface area contributed by atoms with Crippen molar-refractivity contribution in [2.45, 2.75) is 32.2 Å². The Balaban J connectivity index is 1.67. The molecule has 0 fully saturated rings. The molecule has 0 amide bonds. The van der Waals surface area contributed by atoms with Crippen molar-refractivity contribution in [3.63, 3.8) is 0 Å². The van der Waals surface area contributed by atoms with Gasteiger partial charge in [-0.25, -0.2) is 0 Å². The van der Waals surface area contributed by atoms with Crippen molar-refractivity contribution in [2.75, 3.05) is 5.32 Å². The van der Waals surface area contributed by atoms with Crippen LogP contribution in [0.1, 0.15) is 30.5 Å². The highest BCUT2D eigenvalue weighted by atomic mass is 19.4. The summed E-state index contributed by atoms with van der Waals surface area (Å²) >= 11 is 0. The largest absolute Gasteiger partial charge is 0.483 e. The molecule has 1 aliphatic rings. The zero-order valence-electron chi connectivity index (χ0n) is 13.4.